The van der Waals surface area contributed by atoms with Gasteiger partial charge in [0.15, 0.2) is 5.15 Å². The van der Waals surface area contributed by atoms with Gasteiger partial charge in [-0.3, -0.25) is 4.90 Å². The largest absolute Gasteiger partial charge is 0.314 e. The summed E-state index contributed by atoms with van der Waals surface area (Å²) in [7, 11) is 0. The monoisotopic (exact) mass is 262 g/mol. The molecule has 0 saturated carbocycles. The van der Waals surface area contributed by atoms with Crippen molar-refractivity contribution in [3.8, 4) is 0 Å². The molecule has 0 aliphatic carbocycles. The van der Waals surface area contributed by atoms with Crippen LogP contribution < -0.4 is 5.32 Å². The standard InChI is InChI=1S/C10H15ClN4.ClH/c1-8-6-12-4-5-15(8)7-9-2-3-10(11)14-13-9;/h2-3,8,12H,4-7H2,1H3;1H. The molecule has 1 fully saturated rings. The van der Waals surface area contributed by atoms with Crippen LogP contribution in [-0.2, 0) is 6.54 Å². The van der Waals surface area contributed by atoms with E-state index in [4.69, 9.17) is 11.6 Å². The summed E-state index contributed by atoms with van der Waals surface area (Å²) in [5.74, 6) is 0. The van der Waals surface area contributed by atoms with Crippen molar-refractivity contribution in [2.24, 2.45) is 0 Å². The Balaban J connectivity index is 0.00000128. The van der Waals surface area contributed by atoms with Crippen LogP contribution in [0.2, 0.25) is 5.15 Å². The molecule has 0 spiro atoms. The van der Waals surface area contributed by atoms with E-state index in [-0.39, 0.29) is 12.4 Å². The van der Waals surface area contributed by atoms with Crippen LogP contribution in [0.4, 0.5) is 0 Å². The van der Waals surface area contributed by atoms with E-state index in [9.17, 15) is 0 Å². The number of hydrogen-bond donors (Lipinski definition) is 1. The number of hydrogen-bond acceptors (Lipinski definition) is 4. The topological polar surface area (TPSA) is 41.0 Å². The van der Waals surface area contributed by atoms with Crippen LogP contribution in [0.1, 0.15) is 12.6 Å². The van der Waals surface area contributed by atoms with Gasteiger partial charge in [0.2, 0.25) is 0 Å². The summed E-state index contributed by atoms with van der Waals surface area (Å²) in [4.78, 5) is 2.40. The van der Waals surface area contributed by atoms with Gasteiger partial charge in [0.1, 0.15) is 0 Å². The summed E-state index contributed by atoms with van der Waals surface area (Å²) < 4.78 is 0. The fourth-order valence-electron chi connectivity index (χ4n) is 1.75. The molecule has 0 radical (unpaired) electrons. The van der Waals surface area contributed by atoms with Crippen LogP contribution in [0.25, 0.3) is 0 Å². The Labute approximate surface area is 107 Å². The van der Waals surface area contributed by atoms with Crippen LogP contribution in [0.15, 0.2) is 12.1 Å². The first-order valence-electron chi connectivity index (χ1n) is 5.18. The number of nitrogens with zero attached hydrogens (tertiary/aromatic N) is 3. The van der Waals surface area contributed by atoms with Crippen molar-refractivity contribution in [2.75, 3.05) is 19.6 Å². The fraction of sp³-hybridized carbons (Fsp3) is 0.600. The van der Waals surface area contributed by atoms with Crippen LogP contribution in [-0.4, -0.2) is 40.8 Å². The highest BCUT2D eigenvalue weighted by Gasteiger charge is 2.18. The molecular weight excluding hydrogens is 247 g/mol. The minimum Gasteiger partial charge on any atom is -0.314 e. The molecule has 16 heavy (non-hydrogen) atoms. The van der Waals surface area contributed by atoms with E-state index in [1.807, 2.05) is 6.07 Å². The van der Waals surface area contributed by atoms with E-state index >= 15 is 0 Å². The van der Waals surface area contributed by atoms with Crippen molar-refractivity contribution in [1.29, 1.82) is 0 Å². The molecular formula is C10H16Cl2N4. The summed E-state index contributed by atoms with van der Waals surface area (Å²) in [5.41, 5.74) is 0.980. The first-order chi connectivity index (χ1) is 7.25. The molecule has 0 aromatic carbocycles. The van der Waals surface area contributed by atoms with Crippen LogP contribution in [0.5, 0.6) is 0 Å². The highest BCUT2D eigenvalue weighted by molar-refractivity contribution is 6.29. The number of nitrogens with one attached hydrogen (secondary N) is 1. The van der Waals surface area contributed by atoms with Crippen molar-refractivity contribution in [3.63, 3.8) is 0 Å². The van der Waals surface area contributed by atoms with Gasteiger partial charge in [0.25, 0.3) is 0 Å². The second kappa shape index (κ2) is 6.35. The van der Waals surface area contributed by atoms with Gasteiger partial charge in [-0.1, -0.05) is 11.6 Å². The maximum atomic E-state index is 5.69. The van der Waals surface area contributed by atoms with E-state index in [0.717, 1.165) is 31.9 Å². The average Bonchev–Trinajstić information content (AvgIpc) is 2.25. The Morgan fingerprint density at radius 2 is 2.31 bits per heavy atom. The van der Waals surface area contributed by atoms with Crippen molar-refractivity contribution in [3.05, 3.63) is 23.0 Å². The number of aromatic nitrogens is 2. The third-order valence-corrected chi connectivity index (χ3v) is 2.89. The highest BCUT2D eigenvalue weighted by Crippen LogP contribution is 2.09. The molecule has 90 valence electrons. The maximum Gasteiger partial charge on any atom is 0.151 e. The molecule has 0 bridgehead atoms. The van der Waals surface area contributed by atoms with Gasteiger partial charge in [-0.15, -0.1) is 17.5 Å². The zero-order valence-corrected chi connectivity index (χ0v) is 10.8. The molecule has 1 aromatic heterocycles. The van der Waals surface area contributed by atoms with E-state index in [0.29, 0.717) is 11.2 Å². The summed E-state index contributed by atoms with van der Waals surface area (Å²) in [6, 6.07) is 4.28. The van der Waals surface area contributed by atoms with Gasteiger partial charge < -0.3 is 5.32 Å². The normalized spacial score (nSPS) is 21.5. The van der Waals surface area contributed by atoms with Gasteiger partial charge >= 0.3 is 0 Å². The lowest BCUT2D eigenvalue weighted by Gasteiger charge is -2.33. The summed E-state index contributed by atoms with van der Waals surface area (Å²) in [6.07, 6.45) is 0. The molecule has 1 aliphatic heterocycles. The Hall–Kier alpha value is -0.420. The van der Waals surface area contributed by atoms with Crippen molar-refractivity contribution in [2.45, 2.75) is 19.5 Å². The van der Waals surface area contributed by atoms with Crippen molar-refractivity contribution in [1.82, 2.24) is 20.4 Å². The van der Waals surface area contributed by atoms with Crippen LogP contribution >= 0.6 is 24.0 Å². The molecule has 1 unspecified atom stereocenters. The Morgan fingerprint density at radius 3 is 2.94 bits per heavy atom. The Bertz CT molecular complexity index is 317. The highest BCUT2D eigenvalue weighted by atomic mass is 35.5. The molecule has 1 N–H and O–H groups in total. The summed E-state index contributed by atoms with van der Waals surface area (Å²) >= 11 is 5.69. The van der Waals surface area contributed by atoms with Crippen molar-refractivity contribution < 1.29 is 0 Å². The van der Waals surface area contributed by atoms with E-state index in [1.165, 1.54) is 0 Å². The Kier molecular flexibility index (Phi) is 5.41. The lowest BCUT2D eigenvalue weighted by Crippen LogP contribution is -2.49. The minimum absolute atomic E-state index is 0. The van der Waals surface area contributed by atoms with Gasteiger partial charge in [-0.25, -0.2) is 0 Å². The predicted octanol–water partition coefficient (Wildman–Crippen LogP) is 1.35. The molecule has 2 heterocycles. The fourth-order valence-corrected chi connectivity index (χ4v) is 1.85. The first-order valence-corrected chi connectivity index (χ1v) is 5.56. The quantitative estimate of drug-likeness (QED) is 0.874. The van der Waals surface area contributed by atoms with Gasteiger partial charge in [-0.05, 0) is 19.1 Å². The molecule has 0 amide bonds. The van der Waals surface area contributed by atoms with Gasteiger partial charge in [0, 0.05) is 32.2 Å². The maximum absolute atomic E-state index is 5.69. The molecule has 2 rings (SSSR count). The molecule has 1 saturated heterocycles. The molecule has 6 heteroatoms. The van der Waals surface area contributed by atoms with Gasteiger partial charge in [-0.2, -0.15) is 5.10 Å². The lowest BCUT2D eigenvalue weighted by atomic mass is 10.2. The molecule has 4 nitrogen and oxygen atoms in total. The number of piperazine rings is 1. The summed E-state index contributed by atoms with van der Waals surface area (Å²) in [6.45, 7) is 6.22. The molecule has 1 aliphatic rings. The van der Waals surface area contributed by atoms with Gasteiger partial charge in [0.05, 0.1) is 5.69 Å². The SMILES string of the molecule is CC1CNCCN1Cc1ccc(Cl)nn1.Cl. The van der Waals surface area contributed by atoms with Crippen LogP contribution in [0.3, 0.4) is 0 Å². The zero-order valence-electron chi connectivity index (χ0n) is 9.19. The third-order valence-electron chi connectivity index (χ3n) is 2.69. The van der Waals surface area contributed by atoms with Crippen LogP contribution in [0, 0.1) is 0 Å². The average molecular weight is 263 g/mol. The Morgan fingerprint density at radius 1 is 1.50 bits per heavy atom. The zero-order chi connectivity index (χ0) is 10.7. The van der Waals surface area contributed by atoms with Crippen molar-refractivity contribution >= 4 is 24.0 Å². The lowest BCUT2D eigenvalue weighted by molar-refractivity contribution is 0.163. The second-order valence-corrected chi connectivity index (χ2v) is 4.26. The van der Waals surface area contributed by atoms with E-state index in [2.05, 4.69) is 27.3 Å². The van der Waals surface area contributed by atoms with E-state index in [1.54, 1.807) is 6.07 Å². The number of halogens is 2. The predicted molar refractivity (Wildman–Crippen MR) is 67.0 cm³/mol. The third kappa shape index (κ3) is 3.56. The number of rotatable bonds is 2. The summed E-state index contributed by atoms with van der Waals surface area (Å²) in [5, 5.41) is 11.7. The molecule has 1 aromatic rings. The molecule has 1 atom stereocenters. The smallest absolute Gasteiger partial charge is 0.151 e. The minimum atomic E-state index is 0. The first kappa shape index (κ1) is 13.6. The van der Waals surface area contributed by atoms with E-state index < -0.39 is 0 Å². The second-order valence-electron chi connectivity index (χ2n) is 3.87.